The summed E-state index contributed by atoms with van der Waals surface area (Å²) in [4.78, 5) is 22.5. The minimum atomic E-state index is -0.430. The van der Waals surface area contributed by atoms with Crippen molar-refractivity contribution in [3.63, 3.8) is 0 Å². The van der Waals surface area contributed by atoms with Crippen molar-refractivity contribution in [2.75, 3.05) is 6.54 Å². The Labute approximate surface area is 97.1 Å². The summed E-state index contributed by atoms with van der Waals surface area (Å²) in [5.74, 6) is 0. The first-order valence-corrected chi connectivity index (χ1v) is 5.36. The highest BCUT2D eigenvalue weighted by molar-refractivity contribution is 5.22. The molecule has 6 heteroatoms. The lowest BCUT2D eigenvalue weighted by molar-refractivity contribution is 0.733. The fourth-order valence-electron chi connectivity index (χ4n) is 1.64. The summed E-state index contributed by atoms with van der Waals surface area (Å²) in [6.45, 7) is 0.872. The Morgan fingerprint density at radius 3 is 2.06 bits per heavy atom. The lowest BCUT2D eigenvalue weighted by atomic mass is 10.1. The quantitative estimate of drug-likeness (QED) is 0.660. The van der Waals surface area contributed by atoms with Gasteiger partial charge >= 0.3 is 11.4 Å². The minimum Gasteiger partial charge on any atom is -0.330 e. The maximum absolute atomic E-state index is 11.3. The van der Waals surface area contributed by atoms with Crippen LogP contribution >= 0.6 is 0 Å². The molecule has 0 fully saturated rings. The molecule has 0 saturated heterocycles. The molecule has 0 amide bonds. The van der Waals surface area contributed by atoms with Crippen LogP contribution in [0.1, 0.15) is 11.1 Å². The molecule has 6 nitrogen and oxygen atoms in total. The molecule has 0 aliphatic heterocycles. The summed E-state index contributed by atoms with van der Waals surface area (Å²) < 4.78 is 1.11. The van der Waals surface area contributed by atoms with Crippen molar-refractivity contribution in [2.45, 2.75) is 13.0 Å². The maximum Gasteiger partial charge on any atom is 0.344 e. The van der Waals surface area contributed by atoms with E-state index in [4.69, 9.17) is 5.73 Å². The average molecular weight is 234 g/mol. The molecule has 0 atom stereocenters. The summed E-state index contributed by atoms with van der Waals surface area (Å²) in [6.07, 6.45) is 0.824. The van der Waals surface area contributed by atoms with Crippen molar-refractivity contribution in [1.82, 2.24) is 14.8 Å². The van der Waals surface area contributed by atoms with E-state index in [0.717, 1.165) is 22.1 Å². The number of rotatable bonds is 4. The SMILES string of the molecule is NCCc1ccc(Cn2c(=O)[nH][nH]c2=O)cc1. The van der Waals surface area contributed by atoms with Crippen LogP contribution in [0.3, 0.4) is 0 Å². The molecule has 4 N–H and O–H groups in total. The molecular formula is C11H14N4O2. The Hall–Kier alpha value is -2.08. The zero-order chi connectivity index (χ0) is 12.3. The van der Waals surface area contributed by atoms with E-state index in [1.54, 1.807) is 0 Å². The van der Waals surface area contributed by atoms with Crippen molar-refractivity contribution < 1.29 is 0 Å². The molecule has 2 aromatic rings. The fraction of sp³-hybridized carbons (Fsp3) is 0.273. The van der Waals surface area contributed by atoms with Crippen LogP contribution < -0.4 is 17.1 Å². The second-order valence-corrected chi connectivity index (χ2v) is 3.80. The second kappa shape index (κ2) is 4.84. The van der Waals surface area contributed by atoms with Gasteiger partial charge in [0, 0.05) is 0 Å². The number of aromatic amines is 2. The van der Waals surface area contributed by atoms with Gasteiger partial charge in [-0.05, 0) is 24.1 Å². The highest BCUT2D eigenvalue weighted by Crippen LogP contribution is 2.05. The summed E-state index contributed by atoms with van der Waals surface area (Å²) in [5, 5.41) is 4.48. The van der Waals surface area contributed by atoms with Gasteiger partial charge in [0.15, 0.2) is 0 Å². The van der Waals surface area contributed by atoms with Gasteiger partial charge in [0.25, 0.3) is 0 Å². The second-order valence-electron chi connectivity index (χ2n) is 3.80. The van der Waals surface area contributed by atoms with E-state index in [2.05, 4.69) is 10.2 Å². The number of nitrogens with zero attached hydrogens (tertiary/aromatic N) is 1. The van der Waals surface area contributed by atoms with Crippen molar-refractivity contribution >= 4 is 0 Å². The predicted molar refractivity (Wildman–Crippen MR) is 64.0 cm³/mol. The van der Waals surface area contributed by atoms with E-state index >= 15 is 0 Å². The first kappa shape index (κ1) is 11.4. The van der Waals surface area contributed by atoms with Crippen LogP contribution in [0, 0.1) is 0 Å². The van der Waals surface area contributed by atoms with Crippen LogP contribution in [0.15, 0.2) is 33.9 Å². The van der Waals surface area contributed by atoms with E-state index in [1.165, 1.54) is 0 Å². The minimum absolute atomic E-state index is 0.264. The predicted octanol–water partition coefficient (Wildman–Crippen LogP) is -0.586. The number of nitrogens with one attached hydrogen (secondary N) is 2. The first-order valence-electron chi connectivity index (χ1n) is 5.36. The van der Waals surface area contributed by atoms with Gasteiger partial charge in [-0.3, -0.25) is 0 Å². The number of hydrogen-bond acceptors (Lipinski definition) is 3. The van der Waals surface area contributed by atoms with Gasteiger partial charge in [0.2, 0.25) is 0 Å². The lowest BCUT2D eigenvalue weighted by Crippen LogP contribution is -2.26. The molecule has 0 aliphatic rings. The van der Waals surface area contributed by atoms with Crippen LogP contribution in [0.2, 0.25) is 0 Å². The van der Waals surface area contributed by atoms with E-state index in [1.807, 2.05) is 24.3 Å². The molecule has 0 bridgehead atoms. The maximum atomic E-state index is 11.3. The van der Waals surface area contributed by atoms with Gasteiger partial charge < -0.3 is 5.73 Å². The Balaban J connectivity index is 2.19. The van der Waals surface area contributed by atoms with E-state index in [-0.39, 0.29) is 6.54 Å². The van der Waals surface area contributed by atoms with Gasteiger partial charge in [-0.15, -0.1) is 0 Å². The molecule has 0 aliphatic carbocycles. The molecule has 1 heterocycles. The van der Waals surface area contributed by atoms with Gasteiger partial charge in [0.1, 0.15) is 0 Å². The molecule has 2 rings (SSSR count). The first-order chi connectivity index (χ1) is 8.20. The van der Waals surface area contributed by atoms with Gasteiger partial charge in [-0.2, -0.15) is 0 Å². The van der Waals surface area contributed by atoms with Crippen molar-refractivity contribution in [2.24, 2.45) is 5.73 Å². The molecule has 17 heavy (non-hydrogen) atoms. The number of nitrogens with two attached hydrogens (primary N) is 1. The van der Waals surface area contributed by atoms with Crippen LogP contribution in [-0.4, -0.2) is 21.3 Å². The molecule has 0 saturated carbocycles. The zero-order valence-corrected chi connectivity index (χ0v) is 9.27. The highest BCUT2D eigenvalue weighted by Gasteiger charge is 2.03. The summed E-state index contributed by atoms with van der Waals surface area (Å²) >= 11 is 0. The molecule has 1 aromatic heterocycles. The summed E-state index contributed by atoms with van der Waals surface area (Å²) in [6, 6.07) is 7.69. The largest absolute Gasteiger partial charge is 0.344 e. The van der Waals surface area contributed by atoms with Crippen LogP contribution in [-0.2, 0) is 13.0 Å². The smallest absolute Gasteiger partial charge is 0.330 e. The third kappa shape index (κ3) is 2.54. The molecule has 90 valence electrons. The molecule has 0 unspecified atom stereocenters. The van der Waals surface area contributed by atoms with Crippen LogP contribution in [0.4, 0.5) is 0 Å². The standard InChI is InChI=1S/C11H14N4O2/c12-6-5-8-1-3-9(4-2-8)7-15-10(16)13-14-11(15)17/h1-4H,5-7,12H2,(H,13,16)(H,14,17). The number of aromatic nitrogens is 3. The Morgan fingerprint density at radius 2 is 1.53 bits per heavy atom. The monoisotopic (exact) mass is 234 g/mol. The van der Waals surface area contributed by atoms with Gasteiger partial charge in [-0.1, -0.05) is 24.3 Å². The highest BCUT2D eigenvalue weighted by atomic mass is 16.2. The van der Waals surface area contributed by atoms with Crippen LogP contribution in [0.5, 0.6) is 0 Å². The van der Waals surface area contributed by atoms with Crippen molar-refractivity contribution in [1.29, 1.82) is 0 Å². The topological polar surface area (TPSA) is 96.7 Å². The Morgan fingerprint density at radius 1 is 1.00 bits per heavy atom. The summed E-state index contributed by atoms with van der Waals surface area (Å²) in [5.41, 5.74) is 6.64. The van der Waals surface area contributed by atoms with E-state index in [9.17, 15) is 9.59 Å². The van der Waals surface area contributed by atoms with Crippen molar-refractivity contribution in [3.8, 4) is 0 Å². The summed E-state index contributed by atoms with van der Waals surface area (Å²) in [7, 11) is 0. The van der Waals surface area contributed by atoms with Gasteiger partial charge in [-0.25, -0.2) is 24.4 Å². The third-order valence-electron chi connectivity index (χ3n) is 2.56. The number of hydrogen-bond donors (Lipinski definition) is 3. The van der Waals surface area contributed by atoms with Gasteiger partial charge in [0.05, 0.1) is 6.54 Å². The molecule has 0 radical (unpaired) electrons. The average Bonchev–Trinajstić information content (AvgIpc) is 2.64. The van der Waals surface area contributed by atoms with E-state index < -0.39 is 11.4 Å². The van der Waals surface area contributed by atoms with Crippen LogP contribution in [0.25, 0.3) is 0 Å². The molecule has 0 spiro atoms. The zero-order valence-electron chi connectivity index (χ0n) is 9.27. The Kier molecular flexibility index (Phi) is 3.24. The normalized spacial score (nSPS) is 10.6. The number of H-pyrrole nitrogens is 2. The fourth-order valence-corrected chi connectivity index (χ4v) is 1.64. The van der Waals surface area contributed by atoms with Crippen molar-refractivity contribution in [3.05, 3.63) is 56.4 Å². The molecule has 1 aromatic carbocycles. The number of benzene rings is 1. The Bertz CT molecular complexity index is 563. The van der Waals surface area contributed by atoms with E-state index in [0.29, 0.717) is 6.54 Å². The third-order valence-corrected chi connectivity index (χ3v) is 2.56. The molecular weight excluding hydrogens is 220 g/mol. The lowest BCUT2D eigenvalue weighted by Gasteiger charge is -2.02.